The van der Waals surface area contributed by atoms with Gasteiger partial charge in [0.05, 0.1) is 17.0 Å². The van der Waals surface area contributed by atoms with E-state index < -0.39 is 21.3 Å². The van der Waals surface area contributed by atoms with Crippen molar-refractivity contribution in [1.82, 2.24) is 9.55 Å². The number of aryl methyl sites for hydroxylation is 2. The van der Waals surface area contributed by atoms with Crippen LogP contribution < -0.4 is 10.4 Å². The topological polar surface area (TPSA) is 93.8 Å². The van der Waals surface area contributed by atoms with Crippen molar-refractivity contribution in [1.29, 1.82) is 0 Å². The van der Waals surface area contributed by atoms with E-state index in [1.807, 2.05) is 58.0 Å². The van der Waals surface area contributed by atoms with E-state index in [1.54, 1.807) is 42.4 Å². The molecular weight excluding hydrogens is 566 g/mol. The van der Waals surface area contributed by atoms with Gasteiger partial charge in [-0.15, -0.1) is 0 Å². The summed E-state index contributed by atoms with van der Waals surface area (Å²) in [5.41, 5.74) is 4.97. The van der Waals surface area contributed by atoms with Crippen LogP contribution in [0.3, 0.4) is 0 Å². The van der Waals surface area contributed by atoms with E-state index in [0.29, 0.717) is 10.8 Å². The monoisotopic (exact) mass is 593 g/mol. The van der Waals surface area contributed by atoms with Crippen molar-refractivity contribution < 1.29 is 14.6 Å². The maximum Gasteiger partial charge on any atom is 0.347 e. The Balaban J connectivity index is 1.64. The summed E-state index contributed by atoms with van der Waals surface area (Å²) in [6, 6.07) is 15.5. The SMILES string of the molecule is Cc1cc2c(c(-c3ccc(Cl)cc3OC(C)(C)C)c1CC(=O)O)SS(c1cccc(-c3cnc(=O)n(C)c3)c1)=N2. The summed E-state index contributed by atoms with van der Waals surface area (Å²) in [6.07, 6.45) is 3.22. The molecule has 0 bridgehead atoms. The third-order valence-corrected chi connectivity index (χ3v) is 9.98. The minimum Gasteiger partial charge on any atom is -0.487 e. The molecule has 1 aromatic heterocycles. The Bertz CT molecular complexity index is 1760. The van der Waals surface area contributed by atoms with Gasteiger partial charge in [0.25, 0.3) is 0 Å². The number of hydrogen-bond acceptors (Lipinski definition) is 6. The third kappa shape index (κ3) is 5.87. The number of aliphatic carboxylic acids is 1. The number of fused-ring (bicyclic) bond motifs is 1. The average Bonchev–Trinajstić information content (AvgIpc) is 3.29. The Morgan fingerprint density at radius 1 is 1.15 bits per heavy atom. The lowest BCUT2D eigenvalue weighted by molar-refractivity contribution is -0.136. The minimum absolute atomic E-state index is 0.129. The lowest BCUT2D eigenvalue weighted by Gasteiger charge is -2.25. The summed E-state index contributed by atoms with van der Waals surface area (Å²) in [7, 11) is 2.70. The molecule has 3 aromatic carbocycles. The second kappa shape index (κ2) is 10.9. The molecule has 1 N–H and O–H groups in total. The first-order valence-electron chi connectivity index (χ1n) is 12.5. The normalized spacial score (nSPS) is 14.5. The van der Waals surface area contributed by atoms with Crippen LogP contribution in [0.5, 0.6) is 5.75 Å². The molecule has 10 heteroatoms. The molecule has 4 aromatic rings. The second-order valence-electron chi connectivity index (χ2n) is 10.5. The van der Waals surface area contributed by atoms with Gasteiger partial charge in [-0.2, -0.15) is 0 Å². The summed E-state index contributed by atoms with van der Waals surface area (Å²) in [5, 5.41) is 10.3. The van der Waals surface area contributed by atoms with Crippen molar-refractivity contribution in [3.05, 3.63) is 87.6 Å². The van der Waals surface area contributed by atoms with Crippen LogP contribution in [-0.4, -0.2) is 26.2 Å². The zero-order valence-corrected chi connectivity index (χ0v) is 25.1. The second-order valence-corrected chi connectivity index (χ2v) is 14.1. The number of carboxylic acid groups (broad SMARTS) is 1. The molecule has 0 saturated heterocycles. The van der Waals surface area contributed by atoms with Gasteiger partial charge >= 0.3 is 11.7 Å². The predicted molar refractivity (Wildman–Crippen MR) is 162 cm³/mol. The van der Waals surface area contributed by atoms with E-state index in [-0.39, 0.29) is 12.1 Å². The van der Waals surface area contributed by atoms with E-state index >= 15 is 0 Å². The number of hydrogen-bond donors (Lipinski definition) is 1. The molecule has 5 rings (SSSR count). The first kappa shape index (κ1) is 28.1. The standard InChI is InChI=1S/C30H28ClN3O4S2/c1-17-11-24-28(27(23(17)14-26(35)36)22-10-9-20(31)13-25(22)38-30(2,3)4)39-40(33-24)21-8-6-7-18(12-21)19-15-32-29(37)34(5)16-19/h6-13,15-16H,14H2,1-5H3,(H,35,36). The van der Waals surface area contributed by atoms with E-state index in [2.05, 4.69) is 11.1 Å². The quantitative estimate of drug-likeness (QED) is 0.234. The molecule has 7 nitrogen and oxygen atoms in total. The third-order valence-electron chi connectivity index (χ3n) is 6.21. The van der Waals surface area contributed by atoms with Gasteiger partial charge < -0.3 is 14.4 Å². The number of ether oxygens (including phenoxy) is 1. The number of halogens is 1. The summed E-state index contributed by atoms with van der Waals surface area (Å²) < 4.78 is 12.9. The predicted octanol–water partition coefficient (Wildman–Crippen LogP) is 7.39. The van der Waals surface area contributed by atoms with Crippen molar-refractivity contribution in [2.45, 2.75) is 49.5 Å². The van der Waals surface area contributed by atoms with Crippen molar-refractivity contribution in [3.8, 4) is 28.0 Å². The molecule has 1 aliphatic heterocycles. The first-order valence-corrected chi connectivity index (χ1v) is 15.4. The fourth-order valence-corrected chi connectivity index (χ4v) is 8.29. The molecule has 0 saturated carbocycles. The average molecular weight is 594 g/mol. The molecule has 40 heavy (non-hydrogen) atoms. The fourth-order valence-electron chi connectivity index (χ4n) is 4.49. The highest BCUT2D eigenvalue weighted by Crippen LogP contribution is 2.53. The molecule has 0 aliphatic carbocycles. The van der Waals surface area contributed by atoms with E-state index in [0.717, 1.165) is 48.9 Å². The number of nitrogens with zero attached hydrogens (tertiary/aromatic N) is 3. The Kier molecular flexibility index (Phi) is 7.65. The number of benzene rings is 3. The van der Waals surface area contributed by atoms with Crippen molar-refractivity contribution in [2.75, 3.05) is 0 Å². The maximum absolute atomic E-state index is 12.0. The van der Waals surface area contributed by atoms with Crippen LogP contribution >= 0.6 is 22.4 Å². The van der Waals surface area contributed by atoms with Gasteiger partial charge in [0.2, 0.25) is 0 Å². The molecule has 0 radical (unpaired) electrons. The zero-order chi connectivity index (χ0) is 28.8. The van der Waals surface area contributed by atoms with Gasteiger partial charge in [-0.05, 0) is 91.6 Å². The first-order chi connectivity index (χ1) is 18.9. The van der Waals surface area contributed by atoms with Crippen LogP contribution in [0.25, 0.3) is 22.3 Å². The van der Waals surface area contributed by atoms with Crippen molar-refractivity contribution in [3.63, 3.8) is 0 Å². The zero-order valence-electron chi connectivity index (χ0n) is 22.7. The summed E-state index contributed by atoms with van der Waals surface area (Å²) in [6.45, 7) is 7.81. The molecule has 1 unspecified atom stereocenters. The lowest BCUT2D eigenvalue weighted by Crippen LogP contribution is -2.23. The number of aromatic nitrogens is 2. The van der Waals surface area contributed by atoms with E-state index in [9.17, 15) is 14.7 Å². The highest BCUT2D eigenvalue weighted by molar-refractivity contribution is 8.70. The molecule has 206 valence electrons. The van der Waals surface area contributed by atoms with Crippen LogP contribution in [-0.2, 0) is 28.0 Å². The fraction of sp³-hybridized carbons (Fsp3) is 0.233. The Morgan fingerprint density at radius 2 is 1.93 bits per heavy atom. The molecule has 2 heterocycles. The molecule has 0 amide bonds. The van der Waals surface area contributed by atoms with Crippen LogP contribution in [0.1, 0.15) is 31.9 Å². The van der Waals surface area contributed by atoms with Crippen molar-refractivity contribution >= 4 is 43.8 Å². The van der Waals surface area contributed by atoms with Crippen molar-refractivity contribution in [2.24, 2.45) is 11.4 Å². The number of carbonyl (C=O) groups is 1. The summed E-state index contributed by atoms with van der Waals surface area (Å²) in [5.74, 6) is -0.315. The van der Waals surface area contributed by atoms with Crippen LogP contribution in [0.4, 0.5) is 5.69 Å². The van der Waals surface area contributed by atoms with Gasteiger partial charge in [0.1, 0.15) is 11.4 Å². The molecule has 0 spiro atoms. The molecule has 0 fully saturated rings. The van der Waals surface area contributed by atoms with Gasteiger partial charge in [-0.1, -0.05) is 23.7 Å². The van der Waals surface area contributed by atoms with Crippen LogP contribution in [0.2, 0.25) is 5.02 Å². The van der Waals surface area contributed by atoms with E-state index in [4.69, 9.17) is 20.7 Å². The maximum atomic E-state index is 12.0. The van der Waals surface area contributed by atoms with Crippen LogP contribution in [0, 0.1) is 6.92 Å². The van der Waals surface area contributed by atoms with Crippen LogP contribution in [0.15, 0.2) is 79.9 Å². The minimum atomic E-state index is -0.908. The molecule has 1 atom stereocenters. The molecule has 1 aliphatic rings. The summed E-state index contributed by atoms with van der Waals surface area (Å²) in [4.78, 5) is 29.6. The van der Waals surface area contributed by atoms with Gasteiger partial charge in [0.15, 0.2) is 0 Å². The Morgan fingerprint density at radius 3 is 2.62 bits per heavy atom. The van der Waals surface area contributed by atoms with Gasteiger partial charge in [0, 0.05) is 55.8 Å². The molecular formula is C30H28ClN3O4S2. The summed E-state index contributed by atoms with van der Waals surface area (Å²) >= 11 is 6.37. The smallest absolute Gasteiger partial charge is 0.347 e. The highest BCUT2D eigenvalue weighted by atomic mass is 35.5. The highest BCUT2D eigenvalue weighted by Gasteiger charge is 2.28. The van der Waals surface area contributed by atoms with E-state index in [1.165, 1.54) is 4.57 Å². The largest absolute Gasteiger partial charge is 0.487 e. The number of carboxylic acids is 1. The Labute approximate surface area is 243 Å². The lowest BCUT2D eigenvalue weighted by atomic mass is 9.92. The Hall–Kier alpha value is -3.40. The van der Waals surface area contributed by atoms with Gasteiger partial charge in [-0.3, -0.25) is 4.79 Å². The number of rotatable bonds is 6. The van der Waals surface area contributed by atoms with Gasteiger partial charge in [-0.25, -0.2) is 14.1 Å².